The SMILES string of the molecule is CC(NC1CCCC1CN)c1cccc2ccccc12. The number of hydrogen-bond acceptors (Lipinski definition) is 2. The molecule has 3 rings (SSSR count). The van der Waals surface area contributed by atoms with E-state index in [0.29, 0.717) is 18.0 Å². The summed E-state index contributed by atoms with van der Waals surface area (Å²) in [5.41, 5.74) is 7.28. The van der Waals surface area contributed by atoms with Gasteiger partial charge in [0.25, 0.3) is 0 Å². The lowest BCUT2D eigenvalue weighted by atomic mass is 9.97. The van der Waals surface area contributed by atoms with Gasteiger partial charge in [-0.2, -0.15) is 0 Å². The first-order valence-electron chi connectivity index (χ1n) is 7.73. The predicted molar refractivity (Wildman–Crippen MR) is 85.7 cm³/mol. The van der Waals surface area contributed by atoms with Gasteiger partial charge in [-0.1, -0.05) is 48.9 Å². The Labute approximate surface area is 121 Å². The highest BCUT2D eigenvalue weighted by Crippen LogP contribution is 2.29. The smallest absolute Gasteiger partial charge is 0.0300 e. The van der Waals surface area contributed by atoms with Gasteiger partial charge in [0.15, 0.2) is 0 Å². The largest absolute Gasteiger partial charge is 0.330 e. The van der Waals surface area contributed by atoms with Gasteiger partial charge >= 0.3 is 0 Å². The van der Waals surface area contributed by atoms with Gasteiger partial charge < -0.3 is 11.1 Å². The van der Waals surface area contributed by atoms with Crippen LogP contribution >= 0.6 is 0 Å². The van der Waals surface area contributed by atoms with E-state index in [-0.39, 0.29) is 0 Å². The van der Waals surface area contributed by atoms with E-state index in [9.17, 15) is 0 Å². The highest BCUT2D eigenvalue weighted by atomic mass is 15.0. The number of benzene rings is 2. The Bertz CT molecular complexity index is 573. The summed E-state index contributed by atoms with van der Waals surface area (Å²) >= 11 is 0. The summed E-state index contributed by atoms with van der Waals surface area (Å²) in [7, 11) is 0. The van der Waals surface area contributed by atoms with Gasteiger partial charge in [0.05, 0.1) is 0 Å². The van der Waals surface area contributed by atoms with Crippen LogP contribution < -0.4 is 11.1 Å². The number of nitrogens with two attached hydrogens (primary N) is 1. The Morgan fingerprint density at radius 2 is 1.95 bits per heavy atom. The normalized spacial score (nSPS) is 24.1. The molecule has 0 bridgehead atoms. The molecule has 2 aromatic carbocycles. The molecular formula is C18H24N2. The van der Waals surface area contributed by atoms with Crippen molar-refractivity contribution in [2.45, 2.75) is 38.3 Å². The minimum atomic E-state index is 0.373. The molecule has 0 amide bonds. The molecule has 20 heavy (non-hydrogen) atoms. The molecule has 1 fully saturated rings. The number of nitrogens with one attached hydrogen (secondary N) is 1. The summed E-state index contributed by atoms with van der Waals surface area (Å²) in [5.74, 6) is 0.646. The molecule has 0 aliphatic heterocycles. The molecule has 0 heterocycles. The third-order valence-electron chi connectivity index (χ3n) is 4.72. The lowest BCUT2D eigenvalue weighted by molar-refractivity contribution is 0.374. The van der Waals surface area contributed by atoms with Gasteiger partial charge in [0.1, 0.15) is 0 Å². The van der Waals surface area contributed by atoms with E-state index in [2.05, 4.69) is 54.7 Å². The van der Waals surface area contributed by atoms with Crippen LogP contribution in [0, 0.1) is 5.92 Å². The summed E-state index contributed by atoms with van der Waals surface area (Å²) in [6, 6.07) is 16.2. The summed E-state index contributed by atoms with van der Waals surface area (Å²) in [6.45, 7) is 3.08. The van der Waals surface area contributed by atoms with Gasteiger partial charge in [0.2, 0.25) is 0 Å². The van der Waals surface area contributed by atoms with E-state index in [0.717, 1.165) is 6.54 Å². The molecule has 2 heteroatoms. The van der Waals surface area contributed by atoms with Gasteiger partial charge in [-0.05, 0) is 48.6 Å². The van der Waals surface area contributed by atoms with Crippen LogP contribution in [0.25, 0.3) is 10.8 Å². The number of hydrogen-bond donors (Lipinski definition) is 2. The van der Waals surface area contributed by atoms with E-state index >= 15 is 0 Å². The standard InChI is InChI=1S/C18H24N2/c1-13(20-18-11-5-8-15(18)12-19)16-10-4-7-14-6-2-3-9-17(14)16/h2-4,6-7,9-10,13,15,18,20H,5,8,11-12,19H2,1H3. The second-order valence-electron chi connectivity index (χ2n) is 5.99. The van der Waals surface area contributed by atoms with Crippen molar-refractivity contribution in [1.29, 1.82) is 0 Å². The minimum absolute atomic E-state index is 0.373. The summed E-state index contributed by atoms with van der Waals surface area (Å²) in [4.78, 5) is 0. The van der Waals surface area contributed by atoms with E-state index in [1.165, 1.54) is 35.6 Å². The lowest BCUT2D eigenvalue weighted by Gasteiger charge is -2.25. The van der Waals surface area contributed by atoms with E-state index < -0.39 is 0 Å². The third kappa shape index (κ3) is 2.58. The fourth-order valence-electron chi connectivity index (χ4n) is 3.58. The molecule has 106 valence electrons. The van der Waals surface area contributed by atoms with Crippen molar-refractivity contribution >= 4 is 10.8 Å². The second kappa shape index (κ2) is 5.94. The molecule has 1 aliphatic rings. The Morgan fingerprint density at radius 1 is 1.15 bits per heavy atom. The molecule has 0 saturated heterocycles. The van der Waals surface area contributed by atoms with Gasteiger partial charge in [-0.25, -0.2) is 0 Å². The fraction of sp³-hybridized carbons (Fsp3) is 0.444. The highest BCUT2D eigenvalue weighted by Gasteiger charge is 2.27. The molecule has 3 N–H and O–H groups in total. The van der Waals surface area contributed by atoms with Crippen LogP contribution in [-0.4, -0.2) is 12.6 Å². The van der Waals surface area contributed by atoms with Crippen LogP contribution in [-0.2, 0) is 0 Å². The molecule has 0 aromatic heterocycles. The molecule has 3 unspecified atom stereocenters. The van der Waals surface area contributed by atoms with Crippen LogP contribution in [0.4, 0.5) is 0 Å². The summed E-state index contributed by atoms with van der Waals surface area (Å²) < 4.78 is 0. The summed E-state index contributed by atoms with van der Waals surface area (Å²) in [6.07, 6.45) is 3.84. The van der Waals surface area contributed by atoms with Gasteiger partial charge in [-0.15, -0.1) is 0 Å². The zero-order valence-electron chi connectivity index (χ0n) is 12.2. The van der Waals surface area contributed by atoms with Crippen molar-refractivity contribution in [2.75, 3.05) is 6.54 Å². The second-order valence-corrected chi connectivity index (χ2v) is 5.99. The zero-order chi connectivity index (χ0) is 13.9. The predicted octanol–water partition coefficient (Wildman–Crippen LogP) is 3.62. The van der Waals surface area contributed by atoms with E-state index in [4.69, 9.17) is 5.73 Å². The van der Waals surface area contributed by atoms with Crippen LogP contribution in [0.1, 0.15) is 37.8 Å². The van der Waals surface area contributed by atoms with Crippen LogP contribution in [0.15, 0.2) is 42.5 Å². The van der Waals surface area contributed by atoms with Crippen molar-refractivity contribution in [3.63, 3.8) is 0 Å². The fourth-order valence-corrected chi connectivity index (χ4v) is 3.58. The molecule has 3 atom stereocenters. The molecule has 0 radical (unpaired) electrons. The van der Waals surface area contributed by atoms with Crippen LogP contribution in [0.5, 0.6) is 0 Å². The maximum atomic E-state index is 5.89. The Morgan fingerprint density at radius 3 is 2.80 bits per heavy atom. The average molecular weight is 268 g/mol. The molecular weight excluding hydrogens is 244 g/mol. The third-order valence-corrected chi connectivity index (χ3v) is 4.72. The lowest BCUT2D eigenvalue weighted by Crippen LogP contribution is -2.37. The maximum Gasteiger partial charge on any atom is 0.0300 e. The number of fused-ring (bicyclic) bond motifs is 1. The first-order valence-corrected chi connectivity index (χ1v) is 7.73. The monoisotopic (exact) mass is 268 g/mol. The minimum Gasteiger partial charge on any atom is -0.330 e. The van der Waals surface area contributed by atoms with Crippen molar-refractivity contribution in [2.24, 2.45) is 11.7 Å². The Hall–Kier alpha value is -1.38. The van der Waals surface area contributed by atoms with Crippen LogP contribution in [0.3, 0.4) is 0 Å². The quantitative estimate of drug-likeness (QED) is 0.889. The Kier molecular flexibility index (Phi) is 4.04. The van der Waals surface area contributed by atoms with E-state index in [1.54, 1.807) is 0 Å². The molecule has 1 aliphatic carbocycles. The highest BCUT2D eigenvalue weighted by molar-refractivity contribution is 5.86. The van der Waals surface area contributed by atoms with Crippen molar-refractivity contribution in [3.05, 3.63) is 48.0 Å². The maximum absolute atomic E-state index is 5.89. The average Bonchev–Trinajstić information content (AvgIpc) is 2.93. The van der Waals surface area contributed by atoms with Crippen molar-refractivity contribution < 1.29 is 0 Å². The molecule has 2 nitrogen and oxygen atoms in total. The van der Waals surface area contributed by atoms with Gasteiger partial charge in [-0.3, -0.25) is 0 Å². The molecule has 0 spiro atoms. The Balaban J connectivity index is 1.83. The van der Waals surface area contributed by atoms with Crippen molar-refractivity contribution in [1.82, 2.24) is 5.32 Å². The van der Waals surface area contributed by atoms with Crippen LogP contribution in [0.2, 0.25) is 0 Å². The van der Waals surface area contributed by atoms with E-state index in [1.807, 2.05) is 0 Å². The topological polar surface area (TPSA) is 38.0 Å². The van der Waals surface area contributed by atoms with Crippen molar-refractivity contribution in [3.8, 4) is 0 Å². The zero-order valence-corrected chi connectivity index (χ0v) is 12.2. The van der Waals surface area contributed by atoms with Gasteiger partial charge in [0, 0.05) is 12.1 Å². The number of rotatable bonds is 4. The molecule has 2 aromatic rings. The first kappa shape index (κ1) is 13.6. The molecule has 1 saturated carbocycles. The summed E-state index contributed by atoms with van der Waals surface area (Å²) in [5, 5.41) is 6.49. The first-order chi connectivity index (χ1) is 9.79.